The molecule has 11 nitrogen and oxygen atoms in total. The highest BCUT2D eigenvalue weighted by molar-refractivity contribution is 6.59. The molecular weight excluding hydrogens is 465 g/mol. The quantitative estimate of drug-likeness (QED) is 0.358. The van der Waals surface area contributed by atoms with Gasteiger partial charge in [0.15, 0.2) is 23.1 Å². The van der Waals surface area contributed by atoms with Crippen molar-refractivity contribution in [1.82, 2.24) is 24.1 Å². The van der Waals surface area contributed by atoms with Gasteiger partial charge in [-0.1, -0.05) is 5.28 Å². The summed E-state index contributed by atoms with van der Waals surface area (Å²) in [5.41, 5.74) is 1.71. The van der Waals surface area contributed by atoms with E-state index < -0.39 is 14.1 Å². The van der Waals surface area contributed by atoms with Crippen LogP contribution in [0.4, 0.5) is 17.6 Å². The average Bonchev–Trinajstić information content (AvgIpc) is 3.62. The van der Waals surface area contributed by atoms with Gasteiger partial charge in [0.25, 0.3) is 14.1 Å². The van der Waals surface area contributed by atoms with Gasteiger partial charge < -0.3 is 34.1 Å². The maximum Gasteiger partial charge on any atom is 0.289 e. The van der Waals surface area contributed by atoms with Gasteiger partial charge in [-0.3, -0.25) is 0 Å². The Balaban J connectivity index is 1.46. The normalized spacial score (nSPS) is 15.6. The second-order valence-corrected chi connectivity index (χ2v) is 11.6. The first-order valence-corrected chi connectivity index (χ1v) is 14.2. The molecule has 2 N–H and O–H groups in total. The molecule has 4 aromatic rings. The number of methoxy groups -OCH3 is 3. The van der Waals surface area contributed by atoms with Gasteiger partial charge in [0.1, 0.15) is 11.8 Å². The fourth-order valence-electron chi connectivity index (χ4n) is 4.63. The summed E-state index contributed by atoms with van der Waals surface area (Å²) in [6, 6.07) is 7.73. The lowest BCUT2D eigenvalue weighted by molar-refractivity contribution is 0.272. The summed E-state index contributed by atoms with van der Waals surface area (Å²) in [7, 11) is 4.74. The Morgan fingerprint density at radius 3 is 2.63 bits per heavy atom. The molecule has 1 aliphatic rings. The average molecular weight is 494 g/mol. The van der Waals surface area contributed by atoms with E-state index in [1.165, 1.54) is 0 Å². The van der Waals surface area contributed by atoms with Crippen LogP contribution in [0.1, 0.15) is 0 Å². The molecule has 35 heavy (non-hydrogen) atoms. The van der Waals surface area contributed by atoms with Gasteiger partial charge in [-0.15, -0.1) is 10.9 Å². The zero-order chi connectivity index (χ0) is 24.5. The number of anilines is 3. The van der Waals surface area contributed by atoms with Crippen LogP contribution in [0.25, 0.3) is 11.2 Å². The highest BCUT2D eigenvalue weighted by Gasteiger charge is 2.34. The number of aromatic nitrogens is 5. The van der Waals surface area contributed by atoms with Crippen molar-refractivity contribution in [2.75, 3.05) is 43.6 Å². The first-order chi connectivity index (χ1) is 17.0. The van der Waals surface area contributed by atoms with Crippen molar-refractivity contribution in [3.63, 3.8) is 0 Å². The molecule has 1 aromatic carbocycles. The highest BCUT2D eigenvalue weighted by Crippen LogP contribution is 2.39. The van der Waals surface area contributed by atoms with Crippen LogP contribution in [-0.2, 0) is 0 Å². The fraction of sp³-hybridized carbons (Fsp3) is 0.348. The molecule has 182 valence electrons. The Bertz CT molecular complexity index is 1320. The molecule has 0 bridgehead atoms. The molecule has 0 spiro atoms. The van der Waals surface area contributed by atoms with Crippen molar-refractivity contribution in [3.05, 3.63) is 43.0 Å². The molecule has 0 radical (unpaired) electrons. The van der Waals surface area contributed by atoms with E-state index in [0.717, 1.165) is 27.7 Å². The van der Waals surface area contributed by atoms with Gasteiger partial charge in [0, 0.05) is 24.4 Å². The van der Waals surface area contributed by atoms with Gasteiger partial charge in [-0.25, -0.2) is 9.50 Å². The molecule has 1 saturated heterocycles. The third kappa shape index (κ3) is 4.36. The second kappa shape index (κ2) is 9.66. The summed E-state index contributed by atoms with van der Waals surface area (Å²) in [5, 5.41) is 19.8. The van der Waals surface area contributed by atoms with E-state index in [0.29, 0.717) is 29.0 Å². The molecule has 1 atom stereocenters. The lowest BCUT2D eigenvalue weighted by Gasteiger charge is -2.26. The van der Waals surface area contributed by atoms with Crippen LogP contribution in [-0.4, -0.2) is 82.8 Å². The third-order valence-electron chi connectivity index (χ3n) is 6.25. The predicted molar refractivity (Wildman–Crippen MR) is 134 cm³/mol. The summed E-state index contributed by atoms with van der Waals surface area (Å²) in [5.74, 6) is 5.80. The minimum absolute atomic E-state index is 0.0948. The van der Waals surface area contributed by atoms with E-state index in [4.69, 9.17) is 19.2 Å². The van der Waals surface area contributed by atoms with Gasteiger partial charge in [-0.05, 0) is 17.5 Å². The van der Waals surface area contributed by atoms with Crippen molar-refractivity contribution in [2.45, 2.75) is 17.1 Å². The molecule has 0 aliphatic carbocycles. The molecule has 5 rings (SSSR count). The molecule has 3 aromatic heterocycles. The lowest BCUT2D eigenvalue weighted by Crippen LogP contribution is -2.33. The zero-order valence-electron chi connectivity index (χ0n) is 20.2. The fourth-order valence-corrected chi connectivity index (χ4v) is 7.25. The van der Waals surface area contributed by atoms with Crippen molar-refractivity contribution >= 4 is 37.2 Å². The predicted octanol–water partition coefficient (Wildman–Crippen LogP) is 2.53. The largest absolute Gasteiger partial charge is 0.493 e. The van der Waals surface area contributed by atoms with Crippen LogP contribution in [0, 0.1) is 0 Å². The Morgan fingerprint density at radius 2 is 1.94 bits per heavy atom. The summed E-state index contributed by atoms with van der Waals surface area (Å²) in [4.78, 5) is 11.5. The van der Waals surface area contributed by atoms with Crippen LogP contribution in [0.5, 0.6) is 17.2 Å². The Kier molecular flexibility index (Phi) is 6.43. The number of nitrogens with zero attached hydrogens (tertiary/aromatic N) is 6. The van der Waals surface area contributed by atoms with E-state index in [9.17, 15) is 5.11 Å². The van der Waals surface area contributed by atoms with Gasteiger partial charge in [0.2, 0.25) is 11.7 Å². The minimum Gasteiger partial charge on any atom is -0.493 e. The monoisotopic (exact) mass is 493 g/mol. The van der Waals surface area contributed by atoms with E-state index in [1.807, 2.05) is 41.2 Å². The molecule has 1 aliphatic heterocycles. The maximum atomic E-state index is 9.94. The topological polar surface area (TPSA) is 111 Å². The van der Waals surface area contributed by atoms with Crippen LogP contribution in [0.3, 0.4) is 0 Å². The Hall–Kier alpha value is -3.46. The number of imidazole rings is 1. The highest BCUT2D eigenvalue weighted by atomic mass is 27.2. The van der Waals surface area contributed by atoms with Crippen LogP contribution >= 0.6 is 0 Å². The first kappa shape index (κ1) is 23.3. The van der Waals surface area contributed by atoms with Gasteiger partial charge in [0.05, 0.1) is 39.8 Å². The third-order valence-corrected chi connectivity index (χ3v) is 8.61. The molecule has 1 unspecified atom stereocenters. The molecule has 4 heterocycles. The van der Waals surface area contributed by atoms with E-state index in [2.05, 4.69) is 26.1 Å². The minimum atomic E-state index is -0.919. The van der Waals surface area contributed by atoms with E-state index >= 15 is 0 Å². The van der Waals surface area contributed by atoms with Gasteiger partial charge in [-0.2, -0.15) is 4.98 Å². The van der Waals surface area contributed by atoms with Crippen molar-refractivity contribution in [3.8, 4) is 22.9 Å². The van der Waals surface area contributed by atoms with Gasteiger partial charge >= 0.3 is 0 Å². The first-order valence-electron chi connectivity index (χ1n) is 11.4. The SMILES string of the molecule is COc1cc(-n2cnc(Nc3nc(N4[CH2][Al]([CH3])[CH2]C4CO)c4cccn4n3)c2)cc(OC)c1OC. The van der Waals surface area contributed by atoms with E-state index in [1.54, 1.807) is 32.2 Å². The molecule has 0 amide bonds. The number of fused-ring (bicyclic) bond motifs is 1. The standard InChI is InChI=1S/C22H25N7O4.CH3.Al/c1-14(12-30)27(2)21-16-7-6-8-29(16)26-22(25-21)24-19-11-28(13-23-19)15-9-17(31-3)20(33-5)18(10-15)32-4;;/h6-11,13-14,30H,1-2,12H2,3-5H3,(H,24,26);1H3;. The molecule has 0 saturated carbocycles. The molecule has 1 fully saturated rings. The van der Waals surface area contributed by atoms with Crippen LogP contribution < -0.4 is 24.4 Å². The summed E-state index contributed by atoms with van der Waals surface area (Å²) in [6.45, 7) is 0.121. The number of hydrogen-bond acceptors (Lipinski definition) is 9. The van der Waals surface area contributed by atoms with Crippen molar-refractivity contribution in [1.29, 1.82) is 0 Å². The number of hydrogen-bond donors (Lipinski definition) is 2. The number of rotatable bonds is 8. The number of aliphatic hydroxyl groups is 1. The number of nitrogens with one attached hydrogen (secondary N) is 1. The van der Waals surface area contributed by atoms with Crippen molar-refractivity contribution < 1.29 is 19.3 Å². The number of benzene rings is 1. The maximum absolute atomic E-state index is 9.94. The van der Waals surface area contributed by atoms with Crippen LogP contribution in [0.15, 0.2) is 43.0 Å². The van der Waals surface area contributed by atoms with E-state index in [-0.39, 0.29) is 12.6 Å². The smallest absolute Gasteiger partial charge is 0.289 e. The van der Waals surface area contributed by atoms with Crippen LogP contribution in [0.2, 0.25) is 11.1 Å². The number of ether oxygens (including phenoxy) is 3. The second-order valence-electron chi connectivity index (χ2n) is 8.60. The summed E-state index contributed by atoms with van der Waals surface area (Å²) < 4.78 is 20.0. The van der Waals surface area contributed by atoms with Crippen molar-refractivity contribution in [2.24, 2.45) is 0 Å². The zero-order valence-corrected chi connectivity index (χ0v) is 21.3. The molecular formula is C23H28AlN7O4. The Morgan fingerprint density at radius 1 is 1.17 bits per heavy atom. The number of aliphatic hydroxyl groups excluding tert-OH is 1. The lowest BCUT2D eigenvalue weighted by atomic mass is 10.2. The summed E-state index contributed by atoms with van der Waals surface area (Å²) in [6.07, 6.45) is 5.42. The Labute approximate surface area is 207 Å². The molecule has 12 heteroatoms. The summed E-state index contributed by atoms with van der Waals surface area (Å²) >= 11 is -0.919.